The van der Waals surface area contributed by atoms with Gasteiger partial charge in [0.05, 0.1) is 11.1 Å². The summed E-state index contributed by atoms with van der Waals surface area (Å²) in [6, 6.07) is 99.8. The van der Waals surface area contributed by atoms with Crippen LogP contribution in [0.25, 0.3) is 88.0 Å². The first-order valence-corrected chi connectivity index (χ1v) is 24.5. The highest BCUT2D eigenvalue weighted by Crippen LogP contribution is 2.60. The molecule has 0 fully saturated rings. The number of hydrogen-bond acceptors (Lipinski definition) is 2. The van der Waals surface area contributed by atoms with E-state index in [0.29, 0.717) is 0 Å². The molecule has 1 aromatic heterocycles. The highest BCUT2D eigenvalue weighted by atomic mass is 16.3. The van der Waals surface area contributed by atoms with E-state index in [1.165, 1.54) is 66.4 Å². The summed E-state index contributed by atoms with van der Waals surface area (Å²) in [5, 5.41) is 6.78. The van der Waals surface area contributed by atoms with Gasteiger partial charge in [0.1, 0.15) is 11.2 Å². The first kappa shape index (κ1) is 40.8. The zero-order valence-corrected chi connectivity index (χ0v) is 38.8. The predicted octanol–water partition coefficient (Wildman–Crippen LogP) is 18.7. The lowest BCUT2D eigenvalue weighted by Gasteiger charge is -2.34. The van der Waals surface area contributed by atoms with Crippen LogP contribution in [0.2, 0.25) is 0 Å². The maximum absolute atomic E-state index is 7.12. The predicted molar refractivity (Wildman–Crippen MR) is 297 cm³/mol. The van der Waals surface area contributed by atoms with Crippen molar-refractivity contribution >= 4 is 60.5 Å². The fourth-order valence-electron chi connectivity index (χ4n) is 11.9. The maximum atomic E-state index is 7.12. The highest BCUT2D eigenvalue weighted by molar-refractivity contribution is 6.23. The van der Waals surface area contributed by atoms with Gasteiger partial charge in [0, 0.05) is 32.9 Å². The summed E-state index contributed by atoms with van der Waals surface area (Å²) < 4.78 is 7.12. The molecule has 0 atom stereocenters. The van der Waals surface area contributed by atoms with Gasteiger partial charge in [0.2, 0.25) is 0 Å². The monoisotopic (exact) mass is 903 g/mol. The van der Waals surface area contributed by atoms with Crippen LogP contribution in [-0.2, 0) is 5.41 Å². The summed E-state index contributed by atoms with van der Waals surface area (Å²) in [7, 11) is 0. The normalized spacial score (nSPS) is 12.6. The third-order valence-corrected chi connectivity index (χ3v) is 14.9. The highest BCUT2D eigenvalue weighted by Gasteiger charge is 2.47. The summed E-state index contributed by atoms with van der Waals surface area (Å²) in [6.07, 6.45) is 0. The quantitative estimate of drug-likeness (QED) is 0.151. The molecule has 0 saturated carbocycles. The number of benzene rings is 12. The minimum Gasteiger partial charge on any atom is -0.455 e. The van der Waals surface area contributed by atoms with Crippen LogP contribution in [0, 0.1) is 0 Å². The molecule has 0 spiro atoms. The van der Waals surface area contributed by atoms with Gasteiger partial charge in [-0.15, -0.1) is 0 Å². The van der Waals surface area contributed by atoms with Crippen molar-refractivity contribution in [3.63, 3.8) is 0 Å². The van der Waals surface area contributed by atoms with E-state index >= 15 is 0 Å². The molecule has 0 unspecified atom stereocenters. The second-order valence-electron chi connectivity index (χ2n) is 18.7. The Morgan fingerprint density at radius 3 is 1.62 bits per heavy atom. The van der Waals surface area contributed by atoms with Gasteiger partial charge in [-0.3, -0.25) is 0 Å². The average molecular weight is 904 g/mol. The Morgan fingerprint density at radius 1 is 0.324 bits per heavy atom. The smallest absolute Gasteiger partial charge is 0.143 e. The lowest BCUT2D eigenvalue weighted by atomic mass is 9.67. The Kier molecular flexibility index (Phi) is 9.47. The third kappa shape index (κ3) is 6.35. The van der Waals surface area contributed by atoms with Gasteiger partial charge in [-0.1, -0.05) is 224 Å². The van der Waals surface area contributed by atoms with Crippen molar-refractivity contribution in [3.8, 4) is 44.5 Å². The summed E-state index contributed by atoms with van der Waals surface area (Å²) in [5.41, 5.74) is 18.9. The lowest BCUT2D eigenvalue weighted by Crippen LogP contribution is -2.28. The van der Waals surface area contributed by atoms with Gasteiger partial charge in [0.15, 0.2) is 0 Å². The number of para-hydroxylation sites is 1. The summed E-state index contributed by atoms with van der Waals surface area (Å²) >= 11 is 0. The largest absolute Gasteiger partial charge is 0.455 e. The number of hydrogen-bond donors (Lipinski definition) is 0. The van der Waals surface area contributed by atoms with Crippen molar-refractivity contribution in [1.82, 2.24) is 0 Å². The minimum absolute atomic E-state index is 0.605. The molecule has 71 heavy (non-hydrogen) atoms. The Balaban J connectivity index is 1.08. The number of anilines is 3. The summed E-state index contributed by atoms with van der Waals surface area (Å²) in [4.78, 5) is 2.40. The molecule has 0 radical (unpaired) electrons. The van der Waals surface area contributed by atoms with E-state index in [0.717, 1.165) is 60.9 Å². The molecular formula is C69H45NO. The van der Waals surface area contributed by atoms with Crippen LogP contribution in [0.5, 0.6) is 0 Å². The minimum atomic E-state index is -0.605. The molecule has 0 amide bonds. The molecule has 13 aromatic rings. The van der Waals surface area contributed by atoms with Crippen molar-refractivity contribution in [1.29, 1.82) is 0 Å². The van der Waals surface area contributed by atoms with Crippen molar-refractivity contribution in [2.75, 3.05) is 4.90 Å². The van der Waals surface area contributed by atoms with E-state index in [-0.39, 0.29) is 0 Å². The molecule has 0 bridgehead atoms. The number of furan rings is 1. The van der Waals surface area contributed by atoms with E-state index in [1.54, 1.807) is 0 Å². The molecular weight excluding hydrogens is 859 g/mol. The molecule has 0 N–H and O–H groups in total. The maximum Gasteiger partial charge on any atom is 0.143 e. The van der Waals surface area contributed by atoms with Gasteiger partial charge in [-0.05, 0) is 126 Å². The van der Waals surface area contributed by atoms with Crippen LogP contribution in [0.1, 0.15) is 22.3 Å². The number of nitrogens with zero attached hydrogens (tertiary/aromatic N) is 1. The Morgan fingerprint density at radius 2 is 0.873 bits per heavy atom. The third-order valence-electron chi connectivity index (χ3n) is 14.9. The van der Waals surface area contributed by atoms with Crippen LogP contribution in [0.4, 0.5) is 17.1 Å². The fourth-order valence-corrected chi connectivity index (χ4v) is 11.9. The summed E-state index contributed by atoms with van der Waals surface area (Å²) in [5.74, 6) is 0. The van der Waals surface area contributed by atoms with Gasteiger partial charge >= 0.3 is 0 Å². The Hall–Kier alpha value is -9.24. The van der Waals surface area contributed by atoms with E-state index in [1.807, 2.05) is 0 Å². The standard InChI is InChI=1S/C69H45NO/c1-5-21-46(22-6-1)47-39-41-53(42-40-47)70(52-29-11-4-12-30-52)64-45-61-67-55(35-20-38-65(67)71-68(61)58-33-16-15-32-57(58)64)49-43-60(56-36-19-24-48-23-13-14-31-54(48)56)66-59-34-17-18-37-62(59)69(63(66)44-49,50-25-7-2-8-26-50)51-27-9-3-10-28-51/h1-45H. The molecule has 1 heterocycles. The van der Waals surface area contributed by atoms with Crippen molar-refractivity contribution in [2.24, 2.45) is 0 Å². The van der Waals surface area contributed by atoms with Crippen LogP contribution in [-0.4, -0.2) is 0 Å². The van der Waals surface area contributed by atoms with Crippen molar-refractivity contribution in [3.05, 3.63) is 295 Å². The van der Waals surface area contributed by atoms with E-state index < -0.39 is 5.41 Å². The lowest BCUT2D eigenvalue weighted by molar-refractivity contribution is 0.673. The van der Waals surface area contributed by atoms with Crippen LogP contribution >= 0.6 is 0 Å². The molecule has 2 nitrogen and oxygen atoms in total. The van der Waals surface area contributed by atoms with Gasteiger partial charge in [0.25, 0.3) is 0 Å². The molecule has 332 valence electrons. The molecule has 0 saturated heterocycles. The topological polar surface area (TPSA) is 16.4 Å². The van der Waals surface area contributed by atoms with Gasteiger partial charge in [-0.25, -0.2) is 0 Å². The molecule has 14 rings (SSSR count). The molecule has 12 aromatic carbocycles. The first-order chi connectivity index (χ1) is 35.2. The second-order valence-corrected chi connectivity index (χ2v) is 18.7. The van der Waals surface area contributed by atoms with E-state index in [4.69, 9.17) is 4.42 Å². The van der Waals surface area contributed by atoms with Gasteiger partial charge < -0.3 is 9.32 Å². The van der Waals surface area contributed by atoms with E-state index in [9.17, 15) is 0 Å². The SMILES string of the molecule is c1ccc(-c2ccc(N(c3ccccc3)c3cc4c(oc5cccc(-c6cc(-c7cccc8ccccc78)c7c(c6)C(c6ccccc6)(c6ccccc6)c6ccccc6-7)c54)c4ccccc34)cc2)cc1. The van der Waals surface area contributed by atoms with E-state index in [2.05, 4.69) is 278 Å². The van der Waals surface area contributed by atoms with Crippen molar-refractivity contribution < 1.29 is 4.42 Å². The molecule has 2 heteroatoms. The van der Waals surface area contributed by atoms with Crippen LogP contribution in [0.3, 0.4) is 0 Å². The zero-order valence-electron chi connectivity index (χ0n) is 38.8. The average Bonchev–Trinajstić information content (AvgIpc) is 3.99. The second kappa shape index (κ2) is 16.5. The zero-order chi connectivity index (χ0) is 46.9. The fraction of sp³-hybridized carbons (Fsp3) is 0.0145. The first-order valence-electron chi connectivity index (χ1n) is 24.5. The Labute approximate surface area is 413 Å². The molecule has 1 aliphatic rings. The molecule has 1 aliphatic carbocycles. The van der Waals surface area contributed by atoms with Crippen LogP contribution < -0.4 is 4.90 Å². The number of rotatable bonds is 8. The molecule has 0 aliphatic heterocycles. The Bertz CT molecular complexity index is 4090. The number of fused-ring (bicyclic) bond motifs is 9. The van der Waals surface area contributed by atoms with Gasteiger partial charge in [-0.2, -0.15) is 0 Å². The summed E-state index contributed by atoms with van der Waals surface area (Å²) in [6.45, 7) is 0. The van der Waals surface area contributed by atoms with Crippen LogP contribution in [0.15, 0.2) is 277 Å². The van der Waals surface area contributed by atoms with Crippen molar-refractivity contribution in [2.45, 2.75) is 5.41 Å².